The zero-order chi connectivity index (χ0) is 29.2. The quantitative estimate of drug-likeness (QED) is 0.166. The number of hydrogen-bond acceptors (Lipinski definition) is 6. The molecule has 0 radical (unpaired) electrons. The van der Waals surface area contributed by atoms with E-state index in [-0.39, 0.29) is 29.8 Å². The van der Waals surface area contributed by atoms with Gasteiger partial charge in [0.25, 0.3) is 0 Å². The number of phenols is 1. The number of phenolic OH excluding ortho intramolecular Hbond substituents is 1. The molecule has 3 aromatic carbocycles. The zero-order valence-corrected chi connectivity index (χ0v) is 23.6. The molecular formula is C34H34BNO6. The molecule has 42 heavy (non-hydrogen) atoms. The van der Waals surface area contributed by atoms with Crippen LogP contribution in [0.1, 0.15) is 30.4 Å². The lowest BCUT2D eigenvalue weighted by atomic mass is 9.58. The first-order valence-electron chi connectivity index (χ1n) is 14.5. The van der Waals surface area contributed by atoms with Crippen LogP contribution in [-0.4, -0.2) is 48.9 Å². The maximum Gasteiger partial charge on any atom is 0.455 e. The summed E-state index contributed by atoms with van der Waals surface area (Å²) < 4.78 is 11.8. The molecule has 6 rings (SSSR count). The molecule has 2 N–H and O–H groups in total. The van der Waals surface area contributed by atoms with Crippen LogP contribution in [0.15, 0.2) is 96.1 Å². The summed E-state index contributed by atoms with van der Waals surface area (Å²) in [6.45, 7) is 0.340. The Balaban J connectivity index is 1.32. The predicted molar refractivity (Wildman–Crippen MR) is 162 cm³/mol. The second-order valence-corrected chi connectivity index (χ2v) is 11.3. The molecule has 2 fully saturated rings. The van der Waals surface area contributed by atoms with Gasteiger partial charge in [-0.3, -0.25) is 14.5 Å². The minimum atomic E-state index is -1.04. The minimum Gasteiger partial charge on any atom is -0.508 e. The lowest BCUT2D eigenvalue weighted by molar-refractivity contribution is -0.122. The highest BCUT2D eigenvalue weighted by Gasteiger charge is 2.57. The number of carbonyl (C=O) groups is 2. The Morgan fingerprint density at radius 3 is 2.36 bits per heavy atom. The van der Waals surface area contributed by atoms with Gasteiger partial charge in [-0.25, -0.2) is 0 Å². The Bertz CT molecular complexity index is 1500. The molecule has 3 aromatic rings. The molecule has 2 heterocycles. The van der Waals surface area contributed by atoms with Crippen molar-refractivity contribution in [2.24, 2.45) is 17.8 Å². The Morgan fingerprint density at radius 1 is 0.976 bits per heavy atom. The van der Waals surface area contributed by atoms with Gasteiger partial charge in [0.1, 0.15) is 5.75 Å². The van der Waals surface area contributed by atoms with E-state index in [0.717, 1.165) is 27.8 Å². The van der Waals surface area contributed by atoms with Crippen LogP contribution in [0, 0.1) is 17.8 Å². The van der Waals surface area contributed by atoms with E-state index >= 15 is 0 Å². The van der Waals surface area contributed by atoms with Gasteiger partial charge in [0.2, 0.25) is 11.8 Å². The fraction of sp³-hybridized carbons (Fsp3) is 0.294. The van der Waals surface area contributed by atoms with E-state index in [1.54, 1.807) is 31.4 Å². The van der Waals surface area contributed by atoms with Gasteiger partial charge < -0.3 is 19.5 Å². The highest BCUT2D eigenvalue weighted by atomic mass is 16.5. The van der Waals surface area contributed by atoms with E-state index in [4.69, 9.17) is 9.39 Å². The van der Waals surface area contributed by atoms with Crippen LogP contribution >= 0.6 is 0 Å². The first-order chi connectivity index (χ1) is 20.4. The standard InChI is InChI=1S/C34H34BNO6/c1-41-21-25-19-28-32(34(39)36(33(28)38)26-10-6-3-7-11-26)29-20-35(40)42-30(31(25)29)17-14-24(23-8-4-2-5-9-23)18-22-12-15-27(37)16-13-22/h2-13,15-16,18,28-30,32,37,40H,14,17,19-21H2,1H3/b24-18-/t28-,29+,30-,32-/m1/s1. The molecular weight excluding hydrogens is 529 g/mol. The summed E-state index contributed by atoms with van der Waals surface area (Å²) in [5.74, 6) is -1.53. The van der Waals surface area contributed by atoms with Crippen LogP contribution in [0.4, 0.5) is 5.69 Å². The van der Waals surface area contributed by atoms with Crippen molar-refractivity contribution in [1.29, 1.82) is 0 Å². The van der Waals surface area contributed by atoms with Gasteiger partial charge in [-0.15, -0.1) is 0 Å². The van der Waals surface area contributed by atoms with E-state index in [1.807, 2.05) is 48.5 Å². The normalized spacial score (nSPS) is 24.2. The third-order valence-corrected chi connectivity index (χ3v) is 8.70. The largest absolute Gasteiger partial charge is 0.508 e. The molecule has 2 saturated heterocycles. The van der Waals surface area contributed by atoms with Crippen LogP contribution in [0.2, 0.25) is 6.32 Å². The van der Waals surface area contributed by atoms with Gasteiger partial charge >= 0.3 is 7.12 Å². The average molecular weight is 563 g/mol. The first kappa shape index (κ1) is 28.2. The van der Waals surface area contributed by atoms with Gasteiger partial charge in [-0.1, -0.05) is 66.7 Å². The summed E-state index contributed by atoms with van der Waals surface area (Å²) >= 11 is 0. The number of fused-ring (bicyclic) bond motifs is 3. The van der Waals surface area contributed by atoms with Gasteiger partial charge in [-0.2, -0.15) is 0 Å². The Kier molecular flexibility index (Phi) is 8.11. The first-order valence-corrected chi connectivity index (χ1v) is 14.5. The number of ether oxygens (including phenoxy) is 1. The zero-order valence-electron chi connectivity index (χ0n) is 23.6. The molecule has 2 amide bonds. The second-order valence-electron chi connectivity index (χ2n) is 11.3. The number of para-hydroxylation sites is 1. The molecule has 1 aliphatic carbocycles. The maximum absolute atomic E-state index is 13.9. The number of anilines is 1. The number of allylic oxidation sites excluding steroid dienone is 1. The number of aromatic hydroxyl groups is 1. The summed E-state index contributed by atoms with van der Waals surface area (Å²) in [6.07, 6.45) is 3.60. The van der Waals surface area contributed by atoms with Crippen molar-refractivity contribution in [2.45, 2.75) is 31.7 Å². The number of nitrogens with zero attached hydrogens (tertiary/aromatic N) is 1. The molecule has 0 bridgehead atoms. The van der Waals surface area contributed by atoms with Crippen LogP contribution < -0.4 is 4.90 Å². The number of benzene rings is 3. The van der Waals surface area contributed by atoms with Crippen LogP contribution in [-0.2, 0) is 19.0 Å². The predicted octanol–water partition coefficient (Wildman–Crippen LogP) is 5.36. The number of amides is 2. The molecule has 4 atom stereocenters. The van der Waals surface area contributed by atoms with Gasteiger partial charge in [0, 0.05) is 7.11 Å². The number of rotatable bonds is 8. The molecule has 214 valence electrons. The number of methoxy groups -OCH3 is 1. The van der Waals surface area contributed by atoms with Crippen molar-refractivity contribution >= 4 is 36.3 Å². The van der Waals surface area contributed by atoms with E-state index in [0.29, 0.717) is 31.6 Å². The molecule has 3 aliphatic rings. The third-order valence-electron chi connectivity index (χ3n) is 8.70. The summed E-state index contributed by atoms with van der Waals surface area (Å²) in [7, 11) is 0.592. The second kappa shape index (κ2) is 12.1. The van der Waals surface area contributed by atoms with E-state index < -0.39 is 25.1 Å². The molecule has 2 aliphatic heterocycles. The van der Waals surface area contributed by atoms with Gasteiger partial charge in [0.15, 0.2) is 0 Å². The lowest BCUT2D eigenvalue weighted by Gasteiger charge is -2.43. The van der Waals surface area contributed by atoms with E-state index in [9.17, 15) is 19.7 Å². The van der Waals surface area contributed by atoms with Gasteiger partial charge in [-0.05, 0) is 83.6 Å². The highest BCUT2D eigenvalue weighted by Crippen LogP contribution is 2.51. The van der Waals surface area contributed by atoms with E-state index in [2.05, 4.69) is 18.2 Å². The van der Waals surface area contributed by atoms with Crippen molar-refractivity contribution in [1.82, 2.24) is 0 Å². The minimum absolute atomic E-state index is 0.190. The third kappa shape index (κ3) is 5.45. The fourth-order valence-corrected chi connectivity index (χ4v) is 6.91. The van der Waals surface area contributed by atoms with Crippen molar-refractivity contribution in [3.8, 4) is 5.75 Å². The van der Waals surface area contributed by atoms with Crippen molar-refractivity contribution in [3.05, 3.63) is 107 Å². The van der Waals surface area contributed by atoms with Crippen molar-refractivity contribution < 1.29 is 29.1 Å². The molecule has 0 unspecified atom stereocenters. The van der Waals surface area contributed by atoms with Crippen LogP contribution in [0.25, 0.3) is 11.6 Å². The molecule has 8 heteroatoms. The number of hydrogen-bond donors (Lipinski definition) is 2. The highest BCUT2D eigenvalue weighted by molar-refractivity contribution is 6.43. The molecule has 7 nitrogen and oxygen atoms in total. The summed E-state index contributed by atoms with van der Waals surface area (Å²) in [5, 5.41) is 20.7. The van der Waals surface area contributed by atoms with Crippen molar-refractivity contribution in [2.75, 3.05) is 18.6 Å². The smallest absolute Gasteiger partial charge is 0.455 e. The molecule has 0 spiro atoms. The molecule has 0 saturated carbocycles. The fourth-order valence-electron chi connectivity index (χ4n) is 6.91. The topological polar surface area (TPSA) is 96.3 Å². The SMILES string of the molecule is COCC1=C2[C@@H](CC/C(=C/c3ccc(O)cc3)c3ccccc3)OB(O)C[C@@H]2[C@@H]2C(=O)N(c3ccccc3)C(=O)[C@@H]2C1. The maximum atomic E-state index is 13.9. The van der Waals surface area contributed by atoms with Crippen LogP contribution in [0.5, 0.6) is 5.75 Å². The summed E-state index contributed by atoms with van der Waals surface area (Å²) in [6, 6.07) is 26.2. The summed E-state index contributed by atoms with van der Waals surface area (Å²) in [5.41, 5.74) is 5.68. The number of carbonyl (C=O) groups excluding carboxylic acids is 2. The van der Waals surface area contributed by atoms with E-state index in [1.165, 1.54) is 4.90 Å². The monoisotopic (exact) mass is 563 g/mol. The Labute approximate surface area is 246 Å². The summed E-state index contributed by atoms with van der Waals surface area (Å²) in [4.78, 5) is 28.8. The lowest BCUT2D eigenvalue weighted by Crippen LogP contribution is -2.46. The number of imide groups is 1. The van der Waals surface area contributed by atoms with Crippen LogP contribution in [0.3, 0.4) is 0 Å². The average Bonchev–Trinajstić information content (AvgIpc) is 3.26. The van der Waals surface area contributed by atoms with Crippen molar-refractivity contribution in [3.63, 3.8) is 0 Å². The van der Waals surface area contributed by atoms with Gasteiger partial charge in [0.05, 0.1) is 30.2 Å². The molecule has 0 aromatic heterocycles. The Hall–Kier alpha value is -3.98. The Morgan fingerprint density at radius 2 is 1.67 bits per heavy atom.